The lowest BCUT2D eigenvalue weighted by molar-refractivity contribution is -0.140. The van der Waals surface area contributed by atoms with Gasteiger partial charge in [-0.1, -0.05) is 102 Å². The highest BCUT2D eigenvalue weighted by Gasteiger charge is 2.36. The first-order chi connectivity index (χ1) is 21.3. The Kier molecular flexibility index (Phi) is 11.2. The molecule has 0 unspecified atom stereocenters. The first-order valence-corrected chi connectivity index (χ1v) is 16.8. The second-order valence-electron chi connectivity index (χ2n) is 11.5. The van der Waals surface area contributed by atoms with Crippen molar-refractivity contribution in [3.63, 3.8) is 0 Å². The molecule has 7 nitrogen and oxygen atoms in total. The van der Waals surface area contributed by atoms with E-state index in [2.05, 4.69) is 5.32 Å². The van der Waals surface area contributed by atoms with E-state index in [0.29, 0.717) is 10.6 Å². The number of nitrogens with one attached hydrogen (secondary N) is 1. The predicted octanol–water partition coefficient (Wildman–Crippen LogP) is 7.40. The van der Waals surface area contributed by atoms with E-state index in [4.69, 9.17) is 34.8 Å². The smallest absolute Gasteiger partial charge is 0.264 e. The van der Waals surface area contributed by atoms with Gasteiger partial charge in [-0.05, 0) is 68.3 Å². The lowest BCUT2D eigenvalue weighted by Crippen LogP contribution is -2.56. The van der Waals surface area contributed by atoms with Gasteiger partial charge in [0.1, 0.15) is 12.6 Å². The van der Waals surface area contributed by atoms with Crippen molar-refractivity contribution >= 4 is 62.3 Å². The third-order valence-corrected chi connectivity index (χ3v) is 9.68. The Balaban J connectivity index is 1.84. The summed E-state index contributed by atoms with van der Waals surface area (Å²) in [5, 5.41) is 3.61. The van der Waals surface area contributed by atoms with Crippen LogP contribution in [0.25, 0.3) is 0 Å². The summed E-state index contributed by atoms with van der Waals surface area (Å²) in [7, 11) is -4.31. The van der Waals surface area contributed by atoms with Crippen LogP contribution in [0.4, 0.5) is 5.69 Å². The number of carbonyl (C=O) groups excluding carboxylic acids is 2. The van der Waals surface area contributed by atoms with E-state index in [9.17, 15) is 18.0 Å². The fourth-order valence-corrected chi connectivity index (χ4v) is 6.73. The highest BCUT2D eigenvalue weighted by atomic mass is 35.5. The number of hydrogen-bond acceptors (Lipinski definition) is 4. The molecule has 0 aliphatic rings. The second kappa shape index (κ2) is 14.7. The number of sulfonamides is 1. The van der Waals surface area contributed by atoms with Crippen molar-refractivity contribution in [2.45, 2.75) is 50.2 Å². The van der Waals surface area contributed by atoms with Gasteiger partial charge in [0, 0.05) is 23.5 Å². The van der Waals surface area contributed by atoms with Gasteiger partial charge in [0.2, 0.25) is 11.8 Å². The van der Waals surface area contributed by atoms with E-state index in [0.717, 1.165) is 9.87 Å². The summed E-state index contributed by atoms with van der Waals surface area (Å²) in [5.74, 6) is -1.00. The molecule has 0 aromatic heterocycles. The van der Waals surface area contributed by atoms with Gasteiger partial charge in [-0.2, -0.15) is 0 Å². The van der Waals surface area contributed by atoms with Crippen molar-refractivity contribution in [2.75, 3.05) is 10.8 Å². The highest BCUT2D eigenvalue weighted by Crippen LogP contribution is 2.35. The Morgan fingerprint density at radius 2 is 1.38 bits per heavy atom. The standard InChI is InChI=1S/C34H34Cl3N3O4S/c1-34(2,3)38-33(42)30(21-24-11-6-4-7-12-24)39(22-25-17-19-26(35)20-18-25)31(41)23-40(29-16-10-15-28(36)32(29)37)45(43,44)27-13-8-5-9-14-27/h4-20,30H,21-23H2,1-3H3,(H,38,42)/t30-/m1/s1. The predicted molar refractivity (Wildman–Crippen MR) is 181 cm³/mol. The number of carbonyl (C=O) groups is 2. The maximum Gasteiger partial charge on any atom is 0.264 e. The van der Waals surface area contributed by atoms with Gasteiger partial charge >= 0.3 is 0 Å². The fourth-order valence-electron chi connectivity index (χ4n) is 4.71. The minimum Gasteiger partial charge on any atom is -0.350 e. The average molecular weight is 687 g/mol. The topological polar surface area (TPSA) is 86.8 Å². The van der Waals surface area contributed by atoms with E-state index in [-0.39, 0.29) is 39.5 Å². The highest BCUT2D eigenvalue weighted by molar-refractivity contribution is 7.92. The lowest BCUT2D eigenvalue weighted by Gasteiger charge is -2.35. The number of hydrogen-bond donors (Lipinski definition) is 1. The van der Waals surface area contributed by atoms with E-state index in [1.165, 1.54) is 29.2 Å². The molecule has 4 aromatic carbocycles. The van der Waals surface area contributed by atoms with E-state index >= 15 is 0 Å². The van der Waals surface area contributed by atoms with Crippen molar-refractivity contribution in [2.24, 2.45) is 0 Å². The number of halogens is 3. The molecule has 1 N–H and O–H groups in total. The minimum atomic E-state index is -4.31. The molecule has 0 fully saturated rings. The van der Waals surface area contributed by atoms with Crippen LogP contribution in [0.15, 0.2) is 108 Å². The van der Waals surface area contributed by atoms with Gasteiger partial charge in [0.15, 0.2) is 0 Å². The molecule has 4 aromatic rings. The zero-order valence-corrected chi connectivity index (χ0v) is 28.2. The number of amides is 2. The second-order valence-corrected chi connectivity index (χ2v) is 14.6. The van der Waals surface area contributed by atoms with Crippen LogP contribution in [-0.2, 0) is 32.6 Å². The molecule has 45 heavy (non-hydrogen) atoms. The Bertz CT molecular complexity index is 1730. The molecule has 0 saturated carbocycles. The van der Waals surface area contributed by atoms with Crippen LogP contribution >= 0.6 is 34.8 Å². The molecule has 0 aliphatic heterocycles. The van der Waals surface area contributed by atoms with Gasteiger partial charge < -0.3 is 10.2 Å². The average Bonchev–Trinajstić information content (AvgIpc) is 3.00. The van der Waals surface area contributed by atoms with Crippen LogP contribution < -0.4 is 9.62 Å². The minimum absolute atomic E-state index is 0.00751. The molecule has 11 heteroatoms. The largest absolute Gasteiger partial charge is 0.350 e. The van der Waals surface area contributed by atoms with Crippen molar-refractivity contribution in [1.29, 1.82) is 0 Å². The quantitative estimate of drug-likeness (QED) is 0.178. The molecule has 0 bridgehead atoms. The maximum atomic E-state index is 14.5. The van der Waals surface area contributed by atoms with Crippen molar-refractivity contribution in [3.05, 3.63) is 129 Å². The molecule has 236 valence electrons. The van der Waals surface area contributed by atoms with Crippen LogP contribution in [0.1, 0.15) is 31.9 Å². The summed E-state index contributed by atoms with van der Waals surface area (Å²) < 4.78 is 29.1. The van der Waals surface area contributed by atoms with Crippen molar-refractivity contribution in [1.82, 2.24) is 10.2 Å². The molecular weight excluding hydrogens is 653 g/mol. The molecule has 0 spiro atoms. The van der Waals surface area contributed by atoms with Crippen LogP contribution in [0.3, 0.4) is 0 Å². The third kappa shape index (κ3) is 9.01. The molecule has 0 aliphatic carbocycles. The molecule has 0 saturated heterocycles. The van der Waals surface area contributed by atoms with E-state index < -0.39 is 34.1 Å². The number of benzene rings is 4. The maximum absolute atomic E-state index is 14.5. The Hall–Kier alpha value is -3.56. The Labute approximate surface area is 279 Å². The van der Waals surface area contributed by atoms with Gasteiger partial charge in [-0.25, -0.2) is 8.42 Å². The van der Waals surface area contributed by atoms with E-state index in [1.54, 1.807) is 48.5 Å². The molecule has 0 radical (unpaired) electrons. The first-order valence-electron chi connectivity index (χ1n) is 14.2. The Morgan fingerprint density at radius 3 is 1.98 bits per heavy atom. The summed E-state index contributed by atoms with van der Waals surface area (Å²) in [6, 6.07) is 27.6. The first kappa shape index (κ1) is 34.3. The number of anilines is 1. The van der Waals surface area contributed by atoms with E-state index in [1.807, 2.05) is 51.1 Å². The Morgan fingerprint density at radius 1 is 0.778 bits per heavy atom. The number of nitrogens with zero attached hydrogens (tertiary/aromatic N) is 2. The summed E-state index contributed by atoms with van der Waals surface area (Å²) in [6.07, 6.45) is 0.186. The summed E-state index contributed by atoms with van der Waals surface area (Å²) in [6.45, 7) is 4.91. The normalized spacial score (nSPS) is 12.3. The lowest BCUT2D eigenvalue weighted by atomic mass is 10.0. The van der Waals surface area contributed by atoms with Gasteiger partial charge in [0.05, 0.1) is 20.6 Å². The monoisotopic (exact) mass is 685 g/mol. The van der Waals surface area contributed by atoms with Gasteiger partial charge in [-0.15, -0.1) is 0 Å². The zero-order valence-electron chi connectivity index (χ0n) is 25.1. The van der Waals surface area contributed by atoms with Crippen LogP contribution in [-0.4, -0.2) is 43.3 Å². The summed E-state index contributed by atoms with van der Waals surface area (Å²) in [4.78, 5) is 29.8. The molecule has 4 rings (SSSR count). The third-order valence-electron chi connectivity index (χ3n) is 6.85. The molecule has 0 heterocycles. The molecular formula is C34H34Cl3N3O4S. The number of rotatable bonds is 11. The van der Waals surface area contributed by atoms with Gasteiger partial charge in [-0.3, -0.25) is 13.9 Å². The van der Waals surface area contributed by atoms with Crippen LogP contribution in [0.5, 0.6) is 0 Å². The van der Waals surface area contributed by atoms with Crippen molar-refractivity contribution < 1.29 is 18.0 Å². The molecule has 2 amide bonds. The van der Waals surface area contributed by atoms with Crippen molar-refractivity contribution in [3.8, 4) is 0 Å². The molecule has 1 atom stereocenters. The van der Waals surface area contributed by atoms with Gasteiger partial charge in [0.25, 0.3) is 10.0 Å². The van der Waals surface area contributed by atoms with Crippen LogP contribution in [0.2, 0.25) is 15.1 Å². The summed E-state index contributed by atoms with van der Waals surface area (Å²) in [5.41, 5.74) is 0.962. The zero-order chi connectivity index (χ0) is 32.8. The van der Waals surface area contributed by atoms with Crippen LogP contribution in [0, 0.1) is 0 Å². The SMILES string of the molecule is CC(C)(C)NC(=O)[C@@H](Cc1ccccc1)N(Cc1ccc(Cl)cc1)C(=O)CN(c1cccc(Cl)c1Cl)S(=O)(=O)c1ccccc1. The fraction of sp³-hybridized carbons (Fsp3) is 0.235. The summed E-state index contributed by atoms with van der Waals surface area (Å²) >= 11 is 19.0.